The van der Waals surface area contributed by atoms with E-state index in [1.807, 2.05) is 17.5 Å². The number of aromatic nitrogens is 2. The zero-order chi connectivity index (χ0) is 19.0. The molecule has 4 heterocycles. The van der Waals surface area contributed by atoms with Gasteiger partial charge in [-0.05, 0) is 23.6 Å². The maximum atomic E-state index is 13.6. The molecule has 0 aliphatic carbocycles. The molecule has 1 aliphatic rings. The molecular weight excluding hydrogens is 381 g/mol. The fourth-order valence-electron chi connectivity index (χ4n) is 3.03. The van der Waals surface area contributed by atoms with Crippen molar-refractivity contribution in [1.29, 1.82) is 0 Å². The number of carbonyl (C=O) groups is 1. The predicted molar refractivity (Wildman–Crippen MR) is 92.5 cm³/mol. The van der Waals surface area contributed by atoms with Crippen molar-refractivity contribution in [2.75, 3.05) is 5.32 Å². The van der Waals surface area contributed by atoms with E-state index in [-0.39, 0.29) is 17.9 Å². The maximum Gasteiger partial charge on any atom is 0.410 e. The van der Waals surface area contributed by atoms with Crippen LogP contribution >= 0.6 is 11.3 Å². The summed E-state index contributed by atoms with van der Waals surface area (Å²) in [4.78, 5) is 13.3. The normalized spacial score (nSPS) is 19.4. The van der Waals surface area contributed by atoms with Crippen LogP contribution in [0.5, 0.6) is 0 Å². The molecule has 2 atom stereocenters. The number of thiophene rings is 1. The molecule has 0 fully saturated rings. The highest BCUT2D eigenvalue weighted by Gasteiger charge is 2.47. The van der Waals surface area contributed by atoms with Gasteiger partial charge in [-0.15, -0.1) is 11.3 Å². The first kappa shape index (κ1) is 17.7. The van der Waals surface area contributed by atoms with Crippen LogP contribution in [0, 0.1) is 0 Å². The second kappa shape index (κ2) is 6.76. The molecular formula is C17H15F3N4O2S. The average Bonchev–Trinajstić information content (AvgIpc) is 3.38. The van der Waals surface area contributed by atoms with Crippen LogP contribution < -0.4 is 10.6 Å². The smallest absolute Gasteiger partial charge is 0.410 e. The summed E-state index contributed by atoms with van der Waals surface area (Å²) in [6, 6.07) is 5.78. The van der Waals surface area contributed by atoms with Gasteiger partial charge >= 0.3 is 6.18 Å². The molecule has 0 radical (unpaired) electrons. The fourth-order valence-corrected chi connectivity index (χ4v) is 3.68. The number of furan rings is 1. The van der Waals surface area contributed by atoms with E-state index in [1.165, 1.54) is 23.7 Å². The SMILES string of the molecule is O=C(NCc1cccs1)c1cc2n(n1)[C@H](C(F)(F)F)C[C@H](c1ccco1)N2. The molecule has 4 rings (SSSR count). The molecule has 2 N–H and O–H groups in total. The van der Waals surface area contributed by atoms with E-state index in [1.54, 1.807) is 12.1 Å². The third-order valence-electron chi connectivity index (χ3n) is 4.31. The number of alkyl halides is 3. The summed E-state index contributed by atoms with van der Waals surface area (Å²) in [7, 11) is 0. The highest BCUT2D eigenvalue weighted by atomic mass is 32.1. The summed E-state index contributed by atoms with van der Waals surface area (Å²) < 4.78 is 46.8. The highest BCUT2D eigenvalue weighted by Crippen LogP contribution is 2.43. The third kappa shape index (κ3) is 3.57. The first-order valence-electron chi connectivity index (χ1n) is 8.18. The molecule has 27 heavy (non-hydrogen) atoms. The summed E-state index contributed by atoms with van der Waals surface area (Å²) in [6.07, 6.45) is -3.37. The molecule has 0 aromatic carbocycles. The highest BCUT2D eigenvalue weighted by molar-refractivity contribution is 7.09. The third-order valence-corrected chi connectivity index (χ3v) is 5.19. The number of amides is 1. The van der Waals surface area contributed by atoms with Crippen molar-refractivity contribution >= 4 is 23.1 Å². The standard InChI is InChI=1S/C17H15F3N4O2S/c18-17(19,20)14-7-11(13-4-1-5-26-13)22-15-8-12(23-24(14)15)16(25)21-9-10-3-2-6-27-10/h1-6,8,11,14,22H,7,9H2,(H,21,25)/t11-,14+/m1/s1. The van der Waals surface area contributed by atoms with Gasteiger partial charge in [-0.2, -0.15) is 18.3 Å². The largest absolute Gasteiger partial charge is 0.467 e. The first-order valence-corrected chi connectivity index (χ1v) is 9.06. The van der Waals surface area contributed by atoms with E-state index < -0.39 is 24.2 Å². The molecule has 1 amide bonds. The fraction of sp³-hybridized carbons (Fsp3) is 0.294. The molecule has 0 spiro atoms. The summed E-state index contributed by atoms with van der Waals surface area (Å²) in [6.45, 7) is 0.295. The monoisotopic (exact) mass is 396 g/mol. The van der Waals surface area contributed by atoms with Gasteiger partial charge in [0.2, 0.25) is 0 Å². The molecule has 142 valence electrons. The van der Waals surface area contributed by atoms with Crippen LogP contribution in [-0.4, -0.2) is 21.9 Å². The Labute approximate surface area is 156 Å². The van der Waals surface area contributed by atoms with E-state index in [4.69, 9.17) is 4.42 Å². The number of nitrogens with one attached hydrogen (secondary N) is 2. The molecule has 0 saturated heterocycles. The van der Waals surface area contributed by atoms with Crippen molar-refractivity contribution in [2.24, 2.45) is 0 Å². The zero-order valence-electron chi connectivity index (χ0n) is 13.9. The predicted octanol–water partition coefficient (Wildman–Crippen LogP) is 4.13. The van der Waals surface area contributed by atoms with Crippen molar-refractivity contribution in [3.8, 4) is 0 Å². The minimum absolute atomic E-state index is 0.0663. The van der Waals surface area contributed by atoms with Gasteiger partial charge in [0.15, 0.2) is 11.7 Å². The Hall–Kier alpha value is -2.75. The van der Waals surface area contributed by atoms with Crippen LogP contribution in [0.2, 0.25) is 0 Å². The number of hydrogen-bond donors (Lipinski definition) is 2. The number of fused-ring (bicyclic) bond motifs is 1. The summed E-state index contributed by atoms with van der Waals surface area (Å²) in [5.41, 5.74) is -0.0663. The lowest BCUT2D eigenvalue weighted by molar-refractivity contribution is -0.174. The molecule has 10 heteroatoms. The summed E-state index contributed by atoms with van der Waals surface area (Å²) >= 11 is 1.48. The zero-order valence-corrected chi connectivity index (χ0v) is 14.7. The summed E-state index contributed by atoms with van der Waals surface area (Å²) in [5.74, 6) is 0.00854. The second-order valence-corrected chi connectivity index (χ2v) is 7.16. The van der Waals surface area contributed by atoms with Gasteiger partial charge in [-0.3, -0.25) is 4.79 Å². The number of nitrogens with zero attached hydrogens (tertiary/aromatic N) is 2. The van der Waals surface area contributed by atoms with Gasteiger partial charge in [-0.1, -0.05) is 6.07 Å². The van der Waals surface area contributed by atoms with Gasteiger partial charge in [0.1, 0.15) is 11.6 Å². The minimum Gasteiger partial charge on any atom is -0.467 e. The Morgan fingerprint density at radius 2 is 2.26 bits per heavy atom. The van der Waals surface area contributed by atoms with Crippen LogP contribution in [0.15, 0.2) is 46.4 Å². The van der Waals surface area contributed by atoms with E-state index in [0.717, 1.165) is 9.56 Å². The molecule has 1 aliphatic heterocycles. The first-order chi connectivity index (χ1) is 12.9. The average molecular weight is 396 g/mol. The van der Waals surface area contributed by atoms with Crippen LogP contribution in [0.25, 0.3) is 0 Å². The maximum absolute atomic E-state index is 13.6. The van der Waals surface area contributed by atoms with Crippen molar-refractivity contribution < 1.29 is 22.4 Å². The molecule has 0 unspecified atom stereocenters. The van der Waals surface area contributed by atoms with Crippen LogP contribution in [0.3, 0.4) is 0 Å². The van der Waals surface area contributed by atoms with Crippen molar-refractivity contribution in [1.82, 2.24) is 15.1 Å². The number of halogens is 3. The van der Waals surface area contributed by atoms with E-state index in [2.05, 4.69) is 15.7 Å². The number of hydrogen-bond acceptors (Lipinski definition) is 5. The van der Waals surface area contributed by atoms with E-state index >= 15 is 0 Å². The van der Waals surface area contributed by atoms with Crippen molar-refractivity contribution in [2.45, 2.75) is 31.2 Å². The molecule has 0 bridgehead atoms. The van der Waals surface area contributed by atoms with Gasteiger partial charge < -0.3 is 15.1 Å². The molecule has 0 saturated carbocycles. The minimum atomic E-state index is -4.50. The van der Waals surface area contributed by atoms with Crippen LogP contribution in [0.1, 0.15) is 39.6 Å². The lowest BCUT2D eigenvalue weighted by Gasteiger charge is -2.32. The summed E-state index contributed by atoms with van der Waals surface area (Å²) in [5, 5.41) is 11.4. The van der Waals surface area contributed by atoms with Crippen LogP contribution in [0.4, 0.5) is 19.0 Å². The van der Waals surface area contributed by atoms with E-state index in [0.29, 0.717) is 12.3 Å². The molecule has 3 aromatic heterocycles. The Bertz CT molecular complexity index is 919. The van der Waals surface area contributed by atoms with Gasteiger partial charge in [-0.25, -0.2) is 4.68 Å². The Balaban J connectivity index is 1.58. The number of carbonyl (C=O) groups excluding carboxylic acids is 1. The lowest BCUT2D eigenvalue weighted by atomic mass is 10.0. The Morgan fingerprint density at radius 3 is 2.93 bits per heavy atom. The molecule has 6 nitrogen and oxygen atoms in total. The van der Waals surface area contributed by atoms with E-state index in [9.17, 15) is 18.0 Å². The topological polar surface area (TPSA) is 72.1 Å². The number of rotatable bonds is 4. The molecule has 3 aromatic rings. The van der Waals surface area contributed by atoms with Crippen molar-refractivity contribution in [3.05, 3.63) is 58.3 Å². The quantitative estimate of drug-likeness (QED) is 0.696. The van der Waals surface area contributed by atoms with Gasteiger partial charge in [0.05, 0.1) is 18.8 Å². The van der Waals surface area contributed by atoms with Gasteiger partial charge in [0.25, 0.3) is 5.91 Å². The van der Waals surface area contributed by atoms with Crippen LogP contribution in [-0.2, 0) is 6.54 Å². The lowest BCUT2D eigenvalue weighted by Crippen LogP contribution is -2.35. The Morgan fingerprint density at radius 1 is 1.41 bits per heavy atom. The van der Waals surface area contributed by atoms with Gasteiger partial charge in [0, 0.05) is 17.4 Å². The number of anilines is 1. The second-order valence-electron chi connectivity index (χ2n) is 6.13. The Kier molecular flexibility index (Phi) is 4.42. The van der Waals surface area contributed by atoms with Crippen molar-refractivity contribution in [3.63, 3.8) is 0 Å².